The van der Waals surface area contributed by atoms with Crippen molar-refractivity contribution in [2.45, 2.75) is 50.3 Å². The van der Waals surface area contributed by atoms with Gasteiger partial charge in [-0.3, -0.25) is 0 Å². The van der Waals surface area contributed by atoms with Gasteiger partial charge in [-0.1, -0.05) is 43.7 Å². The SMILES string of the molecule is CCCCN(CC1CCC(CNC(=O)O)CC1)S(=O)(=O)c1ccc2ccccc2c1. The van der Waals surface area contributed by atoms with Crippen LogP contribution >= 0.6 is 0 Å². The van der Waals surface area contributed by atoms with Crippen LogP contribution in [0, 0.1) is 11.8 Å². The van der Waals surface area contributed by atoms with Gasteiger partial charge in [0.05, 0.1) is 4.90 Å². The van der Waals surface area contributed by atoms with E-state index in [0.717, 1.165) is 49.3 Å². The van der Waals surface area contributed by atoms with E-state index in [0.29, 0.717) is 36.4 Å². The number of nitrogens with one attached hydrogen (secondary N) is 1. The summed E-state index contributed by atoms with van der Waals surface area (Å²) >= 11 is 0. The molecule has 1 aliphatic carbocycles. The van der Waals surface area contributed by atoms with Crippen LogP contribution < -0.4 is 5.32 Å². The highest BCUT2D eigenvalue weighted by Gasteiger charge is 2.29. The normalized spacial score (nSPS) is 19.8. The Labute approximate surface area is 179 Å². The molecule has 0 unspecified atom stereocenters. The zero-order valence-corrected chi connectivity index (χ0v) is 18.4. The van der Waals surface area contributed by atoms with Crippen molar-refractivity contribution in [1.82, 2.24) is 9.62 Å². The molecule has 0 radical (unpaired) electrons. The molecule has 2 aromatic carbocycles. The van der Waals surface area contributed by atoms with Gasteiger partial charge in [-0.2, -0.15) is 4.31 Å². The summed E-state index contributed by atoms with van der Waals surface area (Å²) in [4.78, 5) is 11.1. The lowest BCUT2D eigenvalue weighted by molar-refractivity contribution is 0.185. The zero-order valence-electron chi connectivity index (χ0n) is 17.6. The minimum absolute atomic E-state index is 0.318. The molecule has 0 aromatic heterocycles. The molecule has 0 aliphatic heterocycles. The Hall–Kier alpha value is -2.12. The number of amides is 1. The number of unbranched alkanes of at least 4 members (excludes halogenated alkanes) is 1. The fourth-order valence-corrected chi connectivity index (χ4v) is 5.85. The molecule has 0 atom stereocenters. The number of hydrogen-bond donors (Lipinski definition) is 2. The fraction of sp³-hybridized carbons (Fsp3) is 0.522. The van der Waals surface area contributed by atoms with Gasteiger partial charge in [-0.25, -0.2) is 13.2 Å². The van der Waals surface area contributed by atoms with Crippen LogP contribution in [0.25, 0.3) is 10.8 Å². The van der Waals surface area contributed by atoms with Gasteiger partial charge in [0.1, 0.15) is 0 Å². The highest BCUT2D eigenvalue weighted by Crippen LogP contribution is 2.31. The molecule has 2 N–H and O–H groups in total. The lowest BCUT2D eigenvalue weighted by Gasteiger charge is -2.32. The molecule has 30 heavy (non-hydrogen) atoms. The van der Waals surface area contributed by atoms with Crippen molar-refractivity contribution in [1.29, 1.82) is 0 Å². The summed E-state index contributed by atoms with van der Waals surface area (Å²) in [6.45, 7) is 3.62. The molecule has 3 rings (SSSR count). The molecule has 1 amide bonds. The predicted molar refractivity (Wildman–Crippen MR) is 119 cm³/mol. The molecule has 7 heteroatoms. The van der Waals surface area contributed by atoms with Gasteiger partial charge in [-0.05, 0) is 66.8 Å². The fourth-order valence-electron chi connectivity index (χ4n) is 4.26. The van der Waals surface area contributed by atoms with E-state index in [1.54, 1.807) is 16.4 Å². The van der Waals surface area contributed by atoms with Crippen LogP contribution in [0.4, 0.5) is 4.79 Å². The number of nitrogens with zero attached hydrogens (tertiary/aromatic N) is 1. The molecule has 0 heterocycles. The standard InChI is InChI=1S/C23H32N2O4S/c1-2-3-14-25(17-19-10-8-18(9-11-19)16-24-23(26)27)30(28,29)22-13-12-20-6-4-5-7-21(20)15-22/h4-7,12-13,15,18-19,24H,2-3,8-11,14,16-17H2,1H3,(H,26,27). The number of carboxylic acid groups (broad SMARTS) is 1. The molecule has 0 spiro atoms. The van der Waals surface area contributed by atoms with E-state index in [1.165, 1.54) is 0 Å². The minimum Gasteiger partial charge on any atom is -0.465 e. The summed E-state index contributed by atoms with van der Waals surface area (Å²) < 4.78 is 28.6. The van der Waals surface area contributed by atoms with Crippen molar-refractivity contribution in [3.8, 4) is 0 Å². The average Bonchev–Trinajstić information content (AvgIpc) is 2.75. The highest BCUT2D eigenvalue weighted by molar-refractivity contribution is 7.89. The first-order chi connectivity index (χ1) is 14.4. The van der Waals surface area contributed by atoms with Gasteiger partial charge in [0.2, 0.25) is 10.0 Å². The van der Waals surface area contributed by atoms with Gasteiger partial charge in [-0.15, -0.1) is 0 Å². The van der Waals surface area contributed by atoms with Crippen LogP contribution in [0.1, 0.15) is 45.4 Å². The summed E-state index contributed by atoms with van der Waals surface area (Å²) in [5.41, 5.74) is 0. The third-order valence-electron chi connectivity index (χ3n) is 6.09. The van der Waals surface area contributed by atoms with Gasteiger partial charge in [0.25, 0.3) is 0 Å². The van der Waals surface area contributed by atoms with E-state index >= 15 is 0 Å². The summed E-state index contributed by atoms with van der Waals surface area (Å²) in [6, 6.07) is 13.2. The van der Waals surface area contributed by atoms with Crippen molar-refractivity contribution < 1.29 is 18.3 Å². The molecule has 0 saturated heterocycles. The molecule has 2 aromatic rings. The van der Waals surface area contributed by atoms with Gasteiger partial charge in [0, 0.05) is 19.6 Å². The highest BCUT2D eigenvalue weighted by atomic mass is 32.2. The van der Waals surface area contributed by atoms with E-state index < -0.39 is 16.1 Å². The first kappa shape index (κ1) is 22.6. The van der Waals surface area contributed by atoms with Crippen LogP contribution in [-0.2, 0) is 10.0 Å². The summed E-state index contributed by atoms with van der Waals surface area (Å²) in [7, 11) is -3.56. The summed E-state index contributed by atoms with van der Waals surface area (Å²) in [5, 5.41) is 13.2. The predicted octanol–water partition coefficient (Wildman–Crippen LogP) is 4.70. The molecule has 0 bridgehead atoms. The molecular formula is C23H32N2O4S. The Morgan fingerprint density at radius 1 is 1.07 bits per heavy atom. The van der Waals surface area contributed by atoms with E-state index in [1.807, 2.05) is 30.3 Å². The average molecular weight is 433 g/mol. The van der Waals surface area contributed by atoms with E-state index in [2.05, 4.69) is 12.2 Å². The largest absolute Gasteiger partial charge is 0.465 e. The lowest BCUT2D eigenvalue weighted by Crippen LogP contribution is -2.38. The van der Waals surface area contributed by atoms with E-state index in [-0.39, 0.29) is 0 Å². The van der Waals surface area contributed by atoms with Crippen LogP contribution in [0.3, 0.4) is 0 Å². The summed E-state index contributed by atoms with van der Waals surface area (Å²) in [5.74, 6) is 0.664. The molecule has 1 saturated carbocycles. The second-order valence-electron chi connectivity index (χ2n) is 8.30. The van der Waals surface area contributed by atoms with Crippen LogP contribution in [-0.4, -0.2) is 43.6 Å². The topological polar surface area (TPSA) is 86.7 Å². The molecular weight excluding hydrogens is 400 g/mol. The Morgan fingerprint density at radius 3 is 2.40 bits per heavy atom. The van der Waals surface area contributed by atoms with Crippen molar-refractivity contribution in [2.75, 3.05) is 19.6 Å². The lowest BCUT2D eigenvalue weighted by atomic mass is 9.82. The molecule has 1 aliphatic rings. The number of benzene rings is 2. The molecule has 164 valence electrons. The number of carbonyl (C=O) groups is 1. The number of fused-ring (bicyclic) bond motifs is 1. The van der Waals surface area contributed by atoms with Gasteiger partial charge in [0.15, 0.2) is 0 Å². The van der Waals surface area contributed by atoms with E-state index in [4.69, 9.17) is 5.11 Å². The van der Waals surface area contributed by atoms with Crippen molar-refractivity contribution >= 4 is 26.9 Å². The van der Waals surface area contributed by atoms with E-state index in [9.17, 15) is 13.2 Å². The Morgan fingerprint density at radius 2 is 1.73 bits per heavy atom. The monoisotopic (exact) mass is 432 g/mol. The van der Waals surface area contributed by atoms with Crippen LogP contribution in [0.2, 0.25) is 0 Å². The Balaban J connectivity index is 1.70. The second kappa shape index (κ2) is 10.3. The molecule has 6 nitrogen and oxygen atoms in total. The first-order valence-corrected chi connectivity index (χ1v) is 12.3. The number of hydrogen-bond acceptors (Lipinski definition) is 3. The minimum atomic E-state index is -3.56. The van der Waals surface area contributed by atoms with Crippen molar-refractivity contribution in [3.05, 3.63) is 42.5 Å². The third kappa shape index (κ3) is 5.73. The maximum Gasteiger partial charge on any atom is 0.404 e. The summed E-state index contributed by atoms with van der Waals surface area (Å²) in [6.07, 6.45) is 4.53. The zero-order chi connectivity index (χ0) is 21.6. The van der Waals surface area contributed by atoms with Crippen LogP contribution in [0.5, 0.6) is 0 Å². The van der Waals surface area contributed by atoms with Gasteiger partial charge < -0.3 is 10.4 Å². The number of sulfonamides is 1. The van der Waals surface area contributed by atoms with Gasteiger partial charge >= 0.3 is 6.09 Å². The smallest absolute Gasteiger partial charge is 0.404 e. The second-order valence-corrected chi connectivity index (χ2v) is 10.2. The first-order valence-electron chi connectivity index (χ1n) is 10.9. The quantitative estimate of drug-likeness (QED) is 0.601. The molecule has 1 fully saturated rings. The Kier molecular flexibility index (Phi) is 7.72. The third-order valence-corrected chi connectivity index (χ3v) is 7.95. The Bertz CT molecular complexity index is 953. The maximum atomic E-state index is 13.4. The van der Waals surface area contributed by atoms with Crippen molar-refractivity contribution in [3.63, 3.8) is 0 Å². The number of rotatable bonds is 9. The van der Waals surface area contributed by atoms with Crippen molar-refractivity contribution in [2.24, 2.45) is 11.8 Å². The maximum absolute atomic E-state index is 13.4. The van der Waals surface area contributed by atoms with Crippen LogP contribution in [0.15, 0.2) is 47.4 Å².